The van der Waals surface area contributed by atoms with Crippen LogP contribution in [0.4, 0.5) is 0 Å². The van der Waals surface area contributed by atoms with Gasteiger partial charge < -0.3 is 23.0 Å². The molecule has 2 aromatic heterocycles. The lowest BCUT2D eigenvalue weighted by Crippen LogP contribution is -2.10. The van der Waals surface area contributed by atoms with Gasteiger partial charge in [-0.3, -0.25) is 0 Å². The molecule has 7 heteroatoms. The van der Waals surface area contributed by atoms with E-state index in [-0.39, 0.29) is 13.2 Å². The third kappa shape index (κ3) is 4.24. The Hall–Kier alpha value is -3.58. The summed E-state index contributed by atoms with van der Waals surface area (Å²) < 4.78 is 27.3. The fourth-order valence-electron chi connectivity index (χ4n) is 3.88. The van der Waals surface area contributed by atoms with Crippen LogP contribution in [0.25, 0.3) is 21.9 Å². The molecule has 0 aliphatic carbocycles. The highest BCUT2D eigenvalue weighted by Crippen LogP contribution is 2.31. The molecular formula is C25H24O7. The maximum absolute atomic E-state index is 12.5. The molecule has 0 bridgehead atoms. The zero-order valence-corrected chi connectivity index (χ0v) is 18.4. The van der Waals surface area contributed by atoms with Crippen molar-refractivity contribution in [3.63, 3.8) is 0 Å². The normalized spacial score (nSPS) is 11.2. The van der Waals surface area contributed by atoms with E-state index in [2.05, 4.69) is 0 Å². The van der Waals surface area contributed by atoms with Gasteiger partial charge in [0.2, 0.25) is 0 Å². The number of hydrogen-bond donors (Lipinski definition) is 0. The summed E-state index contributed by atoms with van der Waals surface area (Å²) in [4.78, 5) is 24.6. The molecule has 0 unspecified atom stereocenters. The second kappa shape index (κ2) is 8.88. The van der Waals surface area contributed by atoms with E-state index in [0.29, 0.717) is 40.2 Å². The summed E-state index contributed by atoms with van der Waals surface area (Å²) in [7, 11) is 1.54. The zero-order chi connectivity index (χ0) is 22.8. The first-order chi connectivity index (χ1) is 15.4. The predicted molar refractivity (Wildman–Crippen MR) is 119 cm³/mol. The maximum atomic E-state index is 12.5. The van der Waals surface area contributed by atoms with Crippen molar-refractivity contribution in [2.45, 2.75) is 27.4 Å². The Bertz CT molecular complexity index is 1360. The van der Waals surface area contributed by atoms with Gasteiger partial charge in [-0.05, 0) is 56.2 Å². The lowest BCUT2D eigenvalue weighted by molar-refractivity contribution is 0.0388. The van der Waals surface area contributed by atoms with Crippen molar-refractivity contribution in [2.24, 2.45) is 0 Å². The third-order valence-corrected chi connectivity index (χ3v) is 5.22. The van der Waals surface area contributed by atoms with Crippen LogP contribution >= 0.6 is 0 Å². The molecule has 0 spiro atoms. The zero-order valence-electron chi connectivity index (χ0n) is 18.4. The summed E-state index contributed by atoms with van der Waals surface area (Å²) in [6, 6.07) is 10.6. The minimum Gasteiger partial charge on any atom is -0.489 e. The van der Waals surface area contributed by atoms with E-state index < -0.39 is 11.6 Å². The van der Waals surface area contributed by atoms with E-state index in [9.17, 15) is 9.59 Å². The number of fused-ring (bicyclic) bond motifs is 2. The standard InChI is InChI=1S/C25H24O7/c1-14-9-15(2)23-17(11-22(26)32-21(23)10-14)13-30-18-5-6-20-19(12-18)24(16(3)31-20)25(27)29-8-7-28-4/h5-6,9-12H,7-8,13H2,1-4H3. The second-order valence-electron chi connectivity index (χ2n) is 7.65. The Morgan fingerprint density at radius 3 is 2.56 bits per heavy atom. The van der Waals surface area contributed by atoms with Gasteiger partial charge in [-0.25, -0.2) is 9.59 Å². The van der Waals surface area contributed by atoms with Crippen LogP contribution in [0.15, 0.2) is 50.0 Å². The summed E-state index contributed by atoms with van der Waals surface area (Å²) in [5.74, 6) is 0.528. The van der Waals surface area contributed by atoms with E-state index in [1.807, 2.05) is 26.0 Å². The average Bonchev–Trinajstić information content (AvgIpc) is 3.06. The van der Waals surface area contributed by atoms with Gasteiger partial charge in [0.15, 0.2) is 0 Å². The number of hydrogen-bond acceptors (Lipinski definition) is 7. The van der Waals surface area contributed by atoms with E-state index in [1.165, 1.54) is 6.07 Å². The first-order valence-corrected chi connectivity index (χ1v) is 10.2. The van der Waals surface area contributed by atoms with Crippen LogP contribution in [0.1, 0.15) is 32.8 Å². The molecular weight excluding hydrogens is 412 g/mol. The number of benzene rings is 2. The molecule has 4 rings (SSSR count). The van der Waals surface area contributed by atoms with Crippen LogP contribution in [-0.4, -0.2) is 26.3 Å². The molecule has 0 N–H and O–H groups in total. The molecule has 7 nitrogen and oxygen atoms in total. The number of carbonyl (C=O) groups is 1. The Balaban J connectivity index is 1.64. The van der Waals surface area contributed by atoms with E-state index in [4.69, 9.17) is 23.0 Å². The third-order valence-electron chi connectivity index (χ3n) is 5.22. The van der Waals surface area contributed by atoms with Crippen LogP contribution in [0, 0.1) is 20.8 Å². The number of esters is 1. The van der Waals surface area contributed by atoms with Gasteiger partial charge in [-0.2, -0.15) is 0 Å². The number of carbonyl (C=O) groups excluding carboxylic acids is 1. The molecule has 2 heterocycles. The van der Waals surface area contributed by atoms with Gasteiger partial charge in [0.1, 0.15) is 41.5 Å². The summed E-state index contributed by atoms with van der Waals surface area (Å²) >= 11 is 0. The Kier molecular flexibility index (Phi) is 6.01. The minimum absolute atomic E-state index is 0.153. The second-order valence-corrected chi connectivity index (χ2v) is 7.65. The van der Waals surface area contributed by atoms with Crippen LogP contribution in [0.3, 0.4) is 0 Å². The predicted octanol–water partition coefficient (Wildman–Crippen LogP) is 4.85. The smallest absolute Gasteiger partial charge is 0.342 e. The number of furan rings is 1. The molecule has 0 fully saturated rings. The molecule has 0 aliphatic heterocycles. The van der Waals surface area contributed by atoms with Crippen molar-refractivity contribution in [1.82, 2.24) is 0 Å². The fourth-order valence-corrected chi connectivity index (χ4v) is 3.88. The number of aryl methyl sites for hydroxylation is 3. The van der Waals surface area contributed by atoms with Crippen LogP contribution in [-0.2, 0) is 16.1 Å². The summed E-state index contributed by atoms with van der Waals surface area (Å²) in [6.07, 6.45) is 0. The van der Waals surface area contributed by atoms with Crippen LogP contribution < -0.4 is 10.4 Å². The number of methoxy groups -OCH3 is 1. The van der Waals surface area contributed by atoms with Crippen molar-refractivity contribution in [3.05, 3.63) is 74.8 Å². The number of rotatable bonds is 7. The minimum atomic E-state index is -0.479. The van der Waals surface area contributed by atoms with Crippen molar-refractivity contribution in [2.75, 3.05) is 20.3 Å². The van der Waals surface area contributed by atoms with Crippen LogP contribution in [0.2, 0.25) is 0 Å². The number of ether oxygens (including phenoxy) is 3. The Morgan fingerprint density at radius 1 is 0.969 bits per heavy atom. The molecule has 2 aromatic carbocycles. The van der Waals surface area contributed by atoms with Gasteiger partial charge in [-0.15, -0.1) is 0 Å². The Labute approximate surface area is 184 Å². The molecule has 166 valence electrons. The van der Waals surface area contributed by atoms with Crippen molar-refractivity contribution < 1.29 is 27.8 Å². The molecule has 0 atom stereocenters. The van der Waals surface area contributed by atoms with Crippen LogP contribution in [0.5, 0.6) is 5.75 Å². The molecule has 0 radical (unpaired) electrons. The highest BCUT2D eigenvalue weighted by molar-refractivity contribution is 6.04. The van der Waals surface area contributed by atoms with E-state index in [1.54, 1.807) is 32.2 Å². The van der Waals surface area contributed by atoms with Gasteiger partial charge >= 0.3 is 11.6 Å². The summed E-state index contributed by atoms with van der Waals surface area (Å²) in [6.45, 7) is 6.28. The fraction of sp³-hybridized carbons (Fsp3) is 0.280. The molecule has 32 heavy (non-hydrogen) atoms. The SMILES string of the molecule is COCCOC(=O)c1c(C)oc2ccc(OCc3cc(=O)oc4cc(C)cc(C)c34)cc12. The summed E-state index contributed by atoms with van der Waals surface area (Å²) in [5.41, 5.74) is 3.78. The van der Waals surface area contributed by atoms with Crippen molar-refractivity contribution in [3.8, 4) is 5.75 Å². The van der Waals surface area contributed by atoms with Gasteiger partial charge in [0.05, 0.1) is 6.61 Å². The van der Waals surface area contributed by atoms with Gasteiger partial charge in [-0.1, -0.05) is 6.07 Å². The monoisotopic (exact) mass is 436 g/mol. The molecule has 0 saturated carbocycles. The summed E-state index contributed by atoms with van der Waals surface area (Å²) in [5, 5.41) is 1.46. The first kappa shape index (κ1) is 21.6. The first-order valence-electron chi connectivity index (χ1n) is 10.2. The van der Waals surface area contributed by atoms with Crippen molar-refractivity contribution in [1.29, 1.82) is 0 Å². The highest BCUT2D eigenvalue weighted by Gasteiger charge is 2.20. The van der Waals surface area contributed by atoms with Gasteiger partial charge in [0, 0.05) is 29.5 Å². The maximum Gasteiger partial charge on any atom is 0.342 e. The Morgan fingerprint density at radius 2 is 1.78 bits per heavy atom. The van der Waals surface area contributed by atoms with Gasteiger partial charge in [0.25, 0.3) is 0 Å². The molecule has 0 saturated heterocycles. The molecule has 0 amide bonds. The quantitative estimate of drug-likeness (QED) is 0.232. The lowest BCUT2D eigenvalue weighted by Gasteiger charge is -2.11. The topological polar surface area (TPSA) is 88.1 Å². The molecule has 4 aromatic rings. The largest absolute Gasteiger partial charge is 0.489 e. The highest BCUT2D eigenvalue weighted by atomic mass is 16.6. The lowest BCUT2D eigenvalue weighted by atomic mass is 10.0. The molecule has 0 aliphatic rings. The van der Waals surface area contributed by atoms with E-state index >= 15 is 0 Å². The van der Waals surface area contributed by atoms with Crippen molar-refractivity contribution >= 4 is 27.9 Å². The van der Waals surface area contributed by atoms with E-state index in [0.717, 1.165) is 22.1 Å². The average molecular weight is 436 g/mol.